The van der Waals surface area contributed by atoms with Crippen LogP contribution in [0.1, 0.15) is 0 Å². The zero-order valence-corrected chi connectivity index (χ0v) is 18.0. The van der Waals surface area contributed by atoms with Crippen molar-refractivity contribution in [3.05, 3.63) is 47.8 Å². The van der Waals surface area contributed by atoms with Crippen LogP contribution >= 0.6 is 0 Å². The van der Waals surface area contributed by atoms with Crippen LogP contribution < -0.4 is 9.62 Å². The van der Waals surface area contributed by atoms with E-state index in [9.17, 15) is 35.2 Å². The number of sulfonamides is 1. The molecule has 14 heteroatoms. The Morgan fingerprint density at radius 3 is 2.32 bits per heavy atom. The number of hydrogen-bond donors (Lipinski definition) is 1. The van der Waals surface area contributed by atoms with Gasteiger partial charge in [-0.3, -0.25) is 4.90 Å². The quantitative estimate of drug-likeness (QED) is 0.554. The molecule has 0 aliphatic carbocycles. The van der Waals surface area contributed by atoms with Crippen molar-refractivity contribution in [3.63, 3.8) is 0 Å². The molecule has 0 unspecified atom stereocenters. The Balaban J connectivity index is 1.60. The predicted molar refractivity (Wildman–Crippen MR) is 109 cm³/mol. The summed E-state index contributed by atoms with van der Waals surface area (Å²) in [5.74, 6) is -7.26. The number of hydrogen-bond acceptors (Lipinski definition) is 5. The smallest absolute Gasteiger partial charge is 0.326 e. The van der Waals surface area contributed by atoms with Gasteiger partial charge >= 0.3 is 6.03 Å². The van der Waals surface area contributed by atoms with Crippen LogP contribution in [0.15, 0.2) is 34.9 Å². The first-order valence-corrected chi connectivity index (χ1v) is 11.7. The van der Waals surface area contributed by atoms with E-state index in [2.05, 4.69) is 5.16 Å². The second-order valence-corrected chi connectivity index (χ2v) is 9.86. The molecule has 5 rings (SSSR count). The fraction of sp³-hybridized carbons (Fsp3) is 0.300. The average molecular weight is 502 g/mol. The van der Waals surface area contributed by atoms with E-state index in [1.165, 1.54) is 0 Å². The van der Waals surface area contributed by atoms with Gasteiger partial charge in [0.25, 0.3) is 5.92 Å². The highest BCUT2D eigenvalue weighted by atomic mass is 32.2. The number of carbonyl (C=O) groups is 1. The summed E-state index contributed by atoms with van der Waals surface area (Å²) in [5, 5.41) is 3.43. The van der Waals surface area contributed by atoms with Gasteiger partial charge in [0.05, 0.1) is 23.8 Å². The number of benzene rings is 2. The number of halogens is 5. The SMILES string of the molecule is CS(=O)(=O)N[C@@H]1CN2C(=O)N(c3noc4ccc(F)c(-c5c(F)cccc5F)c34)C[C@@H]2C1(F)F. The van der Waals surface area contributed by atoms with Gasteiger partial charge < -0.3 is 9.42 Å². The van der Waals surface area contributed by atoms with Crippen LogP contribution in [-0.2, 0) is 10.0 Å². The Kier molecular flexibility index (Phi) is 4.88. The van der Waals surface area contributed by atoms with Gasteiger partial charge in [-0.05, 0) is 24.3 Å². The molecule has 0 saturated carbocycles. The summed E-state index contributed by atoms with van der Waals surface area (Å²) in [6.07, 6.45) is 0.722. The highest BCUT2D eigenvalue weighted by molar-refractivity contribution is 7.88. The summed E-state index contributed by atoms with van der Waals surface area (Å²) in [7, 11) is -3.98. The molecule has 2 atom stereocenters. The van der Waals surface area contributed by atoms with E-state index in [0.29, 0.717) is 0 Å². The largest absolute Gasteiger partial charge is 0.354 e. The van der Waals surface area contributed by atoms with Crippen LogP contribution in [0.2, 0.25) is 0 Å². The van der Waals surface area contributed by atoms with Gasteiger partial charge in [0, 0.05) is 12.1 Å². The summed E-state index contributed by atoms with van der Waals surface area (Å²) in [6, 6.07) is 0.405. The lowest BCUT2D eigenvalue weighted by Gasteiger charge is -2.23. The molecule has 2 aliphatic heterocycles. The van der Waals surface area contributed by atoms with Crippen molar-refractivity contribution >= 4 is 32.8 Å². The van der Waals surface area contributed by atoms with Gasteiger partial charge in [0.1, 0.15) is 29.5 Å². The number of rotatable bonds is 4. The third-order valence-corrected chi connectivity index (χ3v) is 6.60. The number of alkyl halides is 2. The number of aromatic nitrogens is 1. The zero-order valence-electron chi connectivity index (χ0n) is 17.2. The molecule has 1 aromatic heterocycles. The number of carbonyl (C=O) groups excluding carboxylic acids is 1. The highest BCUT2D eigenvalue weighted by Crippen LogP contribution is 2.44. The van der Waals surface area contributed by atoms with E-state index in [-0.39, 0.29) is 11.0 Å². The van der Waals surface area contributed by atoms with Crippen molar-refractivity contribution in [3.8, 4) is 11.1 Å². The second kappa shape index (κ2) is 7.37. The van der Waals surface area contributed by atoms with Crippen molar-refractivity contribution in [2.24, 2.45) is 0 Å². The van der Waals surface area contributed by atoms with Crippen LogP contribution in [-0.4, -0.2) is 61.9 Å². The zero-order chi connectivity index (χ0) is 24.6. The summed E-state index contributed by atoms with van der Waals surface area (Å²) in [5.41, 5.74) is -1.44. The molecule has 2 amide bonds. The lowest BCUT2D eigenvalue weighted by Crippen LogP contribution is -2.50. The van der Waals surface area contributed by atoms with Gasteiger partial charge in [-0.1, -0.05) is 11.2 Å². The molecule has 2 aliphatic rings. The minimum Gasteiger partial charge on any atom is -0.354 e. The molecule has 0 bridgehead atoms. The molecule has 0 spiro atoms. The summed E-state index contributed by atoms with van der Waals surface area (Å²) in [4.78, 5) is 14.6. The second-order valence-electron chi connectivity index (χ2n) is 8.08. The van der Waals surface area contributed by atoms with E-state index in [0.717, 1.165) is 46.4 Å². The van der Waals surface area contributed by atoms with E-state index in [4.69, 9.17) is 4.52 Å². The van der Waals surface area contributed by atoms with E-state index in [1.807, 2.05) is 4.72 Å². The van der Waals surface area contributed by atoms with Crippen molar-refractivity contribution in [2.45, 2.75) is 18.0 Å². The molecule has 34 heavy (non-hydrogen) atoms. The minimum atomic E-state index is -3.98. The Labute approximate surface area is 188 Å². The van der Waals surface area contributed by atoms with Crippen LogP contribution in [0, 0.1) is 17.5 Å². The number of nitrogens with one attached hydrogen (secondary N) is 1. The summed E-state index contributed by atoms with van der Waals surface area (Å²) < 4.78 is 104. The van der Waals surface area contributed by atoms with Crippen molar-refractivity contribution in [1.82, 2.24) is 14.8 Å². The third kappa shape index (κ3) is 3.31. The average Bonchev–Trinajstić information content (AvgIpc) is 3.36. The number of urea groups is 1. The van der Waals surface area contributed by atoms with Crippen LogP contribution in [0.5, 0.6) is 0 Å². The van der Waals surface area contributed by atoms with Crippen LogP contribution in [0.4, 0.5) is 32.6 Å². The number of fused-ring (bicyclic) bond motifs is 2. The molecule has 2 aromatic carbocycles. The van der Waals surface area contributed by atoms with E-state index >= 15 is 0 Å². The van der Waals surface area contributed by atoms with Crippen molar-refractivity contribution in [1.29, 1.82) is 0 Å². The Morgan fingerprint density at radius 1 is 1.06 bits per heavy atom. The maximum absolute atomic E-state index is 15.0. The highest BCUT2D eigenvalue weighted by Gasteiger charge is 2.63. The third-order valence-electron chi connectivity index (χ3n) is 5.89. The molecule has 8 nitrogen and oxygen atoms in total. The van der Waals surface area contributed by atoms with Gasteiger partial charge in [-0.2, -0.15) is 0 Å². The van der Waals surface area contributed by atoms with Gasteiger partial charge in [0.15, 0.2) is 11.4 Å². The van der Waals surface area contributed by atoms with Gasteiger partial charge in [0.2, 0.25) is 10.0 Å². The molecule has 2 fully saturated rings. The molecular weight excluding hydrogens is 487 g/mol. The maximum Gasteiger partial charge on any atom is 0.326 e. The number of nitrogens with zero attached hydrogens (tertiary/aromatic N) is 3. The Bertz CT molecular complexity index is 1420. The molecule has 1 N–H and O–H groups in total. The lowest BCUT2D eigenvalue weighted by molar-refractivity contribution is -0.0324. The molecule has 2 saturated heterocycles. The number of amides is 2. The molecular formula is C20H15F5N4O4S. The fourth-order valence-corrected chi connectivity index (χ4v) is 5.18. The first-order valence-electron chi connectivity index (χ1n) is 9.85. The van der Waals surface area contributed by atoms with Crippen LogP contribution in [0.3, 0.4) is 0 Å². The molecule has 0 radical (unpaired) electrons. The Morgan fingerprint density at radius 2 is 1.71 bits per heavy atom. The topological polar surface area (TPSA) is 95.8 Å². The van der Waals surface area contributed by atoms with E-state index in [1.54, 1.807) is 0 Å². The van der Waals surface area contributed by atoms with Crippen molar-refractivity contribution in [2.75, 3.05) is 24.2 Å². The Hall–Kier alpha value is -3.26. The molecule has 3 heterocycles. The fourth-order valence-electron chi connectivity index (χ4n) is 4.43. The predicted octanol–water partition coefficient (Wildman–Crippen LogP) is 3.09. The normalized spacial score (nSPS) is 22.1. The minimum absolute atomic E-state index is 0.128. The molecule has 3 aromatic rings. The first kappa shape index (κ1) is 22.5. The summed E-state index contributed by atoms with van der Waals surface area (Å²) >= 11 is 0. The summed E-state index contributed by atoms with van der Waals surface area (Å²) in [6.45, 7) is -1.27. The van der Waals surface area contributed by atoms with Crippen LogP contribution in [0.25, 0.3) is 22.1 Å². The van der Waals surface area contributed by atoms with Gasteiger partial charge in [-0.25, -0.2) is 39.9 Å². The standard InChI is InChI=1S/C20H15F5N4O4S/c1-34(31,32)27-13-7-28-14(20(13,24)25)8-29(19(28)30)18-17-12(33-26-18)6-5-11(23)16(17)15-9(21)3-2-4-10(15)22/h2-6,13-14,27H,7-8H2,1H3/t13-,14-/m1/s1. The number of anilines is 1. The van der Waals surface area contributed by atoms with Gasteiger partial charge in [-0.15, -0.1) is 0 Å². The maximum atomic E-state index is 15.0. The van der Waals surface area contributed by atoms with Crippen molar-refractivity contribution < 1.29 is 39.7 Å². The van der Waals surface area contributed by atoms with E-state index < -0.39 is 81.5 Å². The molecule has 180 valence electrons. The first-order chi connectivity index (χ1) is 15.9. The monoisotopic (exact) mass is 502 g/mol. The lowest BCUT2D eigenvalue weighted by atomic mass is 9.99.